The minimum atomic E-state index is 0. The van der Waals surface area contributed by atoms with Gasteiger partial charge in [-0.15, -0.1) is 0 Å². The molecule has 2 heterocycles. The van der Waals surface area contributed by atoms with Gasteiger partial charge in [0.15, 0.2) is 12.4 Å². The fraction of sp³-hybridized carbons (Fsp3) is 0.174. The quantitative estimate of drug-likeness (QED) is 0.373. The molecule has 0 saturated carbocycles. The summed E-state index contributed by atoms with van der Waals surface area (Å²) < 4.78 is 2.28. The molecule has 132 valence electrons. The number of para-hydroxylation sites is 1. The van der Waals surface area contributed by atoms with Crippen LogP contribution in [0.5, 0.6) is 0 Å². The molecule has 0 bridgehead atoms. The highest BCUT2D eigenvalue weighted by Gasteiger charge is 2.05. The predicted octanol–water partition coefficient (Wildman–Crippen LogP) is 2.15. The molecular weight excluding hydrogens is 384 g/mol. The molecule has 3 heteroatoms. The Balaban J connectivity index is 0.00000196. The number of aromatic nitrogens is 2. The van der Waals surface area contributed by atoms with Gasteiger partial charge in [-0.05, 0) is 35.6 Å². The van der Waals surface area contributed by atoms with Crippen molar-refractivity contribution >= 4 is 10.9 Å². The van der Waals surface area contributed by atoms with Crippen LogP contribution in [0.1, 0.15) is 18.4 Å². The highest BCUT2D eigenvalue weighted by Crippen LogP contribution is 2.19. The van der Waals surface area contributed by atoms with Crippen molar-refractivity contribution in [1.29, 1.82) is 0 Å². The van der Waals surface area contributed by atoms with Gasteiger partial charge in [0.05, 0.1) is 0 Å². The molecule has 0 saturated heterocycles. The van der Waals surface area contributed by atoms with Crippen LogP contribution in [0.25, 0.3) is 22.0 Å². The predicted molar refractivity (Wildman–Crippen MR) is 103 cm³/mol. The second kappa shape index (κ2) is 8.81. The average Bonchev–Trinajstić information content (AvgIpc) is 3.10. The summed E-state index contributed by atoms with van der Waals surface area (Å²) in [4.78, 5) is 3.36. The Kier molecular flexibility index (Phi) is 6.24. The molecule has 2 nitrogen and oxygen atoms in total. The summed E-state index contributed by atoms with van der Waals surface area (Å²) in [5, 5.41) is 1.36. The van der Waals surface area contributed by atoms with E-state index < -0.39 is 0 Å². The molecule has 26 heavy (non-hydrogen) atoms. The van der Waals surface area contributed by atoms with Crippen LogP contribution in [0.3, 0.4) is 0 Å². The highest BCUT2D eigenvalue weighted by atomic mass is 79.9. The third-order valence-corrected chi connectivity index (χ3v) is 4.79. The van der Waals surface area contributed by atoms with Gasteiger partial charge in [0.2, 0.25) is 0 Å². The molecule has 4 aromatic rings. The normalized spacial score (nSPS) is 10.6. The molecular formula is C23H23BrN2. The van der Waals surface area contributed by atoms with E-state index in [9.17, 15) is 0 Å². The van der Waals surface area contributed by atoms with E-state index in [2.05, 4.69) is 94.9 Å². The Morgan fingerprint density at radius 1 is 0.731 bits per heavy atom. The third-order valence-electron chi connectivity index (χ3n) is 4.79. The lowest BCUT2D eigenvalue weighted by Crippen LogP contribution is -3.00. The fourth-order valence-electron chi connectivity index (χ4n) is 3.38. The van der Waals surface area contributed by atoms with Crippen LogP contribution >= 0.6 is 0 Å². The molecule has 0 fully saturated rings. The van der Waals surface area contributed by atoms with Crippen molar-refractivity contribution in [2.24, 2.45) is 0 Å². The number of unbranched alkanes of at least 4 members (excludes halogenated alkanes) is 1. The number of aryl methyl sites for hydroxylation is 2. The molecule has 0 spiro atoms. The van der Waals surface area contributed by atoms with Crippen molar-refractivity contribution in [1.82, 2.24) is 4.98 Å². The number of hydrogen-bond acceptors (Lipinski definition) is 0. The zero-order valence-corrected chi connectivity index (χ0v) is 16.3. The van der Waals surface area contributed by atoms with Crippen molar-refractivity contribution in [2.75, 3.05) is 0 Å². The number of halogens is 1. The van der Waals surface area contributed by atoms with Gasteiger partial charge in [0.25, 0.3) is 0 Å². The highest BCUT2D eigenvalue weighted by molar-refractivity contribution is 5.82. The third kappa shape index (κ3) is 4.23. The lowest BCUT2D eigenvalue weighted by atomic mass is 10.1. The molecule has 0 unspecified atom stereocenters. The first-order valence-electron chi connectivity index (χ1n) is 9.00. The topological polar surface area (TPSA) is 19.7 Å². The summed E-state index contributed by atoms with van der Waals surface area (Å²) in [6, 6.07) is 23.5. The monoisotopic (exact) mass is 406 g/mol. The Morgan fingerprint density at radius 3 is 2.23 bits per heavy atom. The summed E-state index contributed by atoms with van der Waals surface area (Å²) >= 11 is 0. The summed E-state index contributed by atoms with van der Waals surface area (Å²) in [6.45, 7) is 1.07. The Morgan fingerprint density at radius 2 is 1.42 bits per heavy atom. The van der Waals surface area contributed by atoms with E-state index in [4.69, 9.17) is 0 Å². The minimum absolute atomic E-state index is 0. The fourth-order valence-corrected chi connectivity index (χ4v) is 3.38. The van der Waals surface area contributed by atoms with E-state index in [-0.39, 0.29) is 17.0 Å². The van der Waals surface area contributed by atoms with Gasteiger partial charge in [0.1, 0.15) is 6.54 Å². The summed E-state index contributed by atoms with van der Waals surface area (Å²) in [5.74, 6) is 0. The van der Waals surface area contributed by atoms with Crippen LogP contribution in [-0.4, -0.2) is 4.98 Å². The van der Waals surface area contributed by atoms with Crippen molar-refractivity contribution < 1.29 is 21.5 Å². The van der Waals surface area contributed by atoms with Gasteiger partial charge in [-0.2, -0.15) is 0 Å². The Labute approximate surface area is 165 Å². The molecule has 2 aromatic carbocycles. The summed E-state index contributed by atoms with van der Waals surface area (Å²) in [7, 11) is 0. The molecule has 0 atom stereocenters. The number of aromatic amines is 1. The van der Waals surface area contributed by atoms with Crippen molar-refractivity contribution in [3.63, 3.8) is 0 Å². The van der Waals surface area contributed by atoms with Gasteiger partial charge in [-0.3, -0.25) is 0 Å². The zero-order valence-electron chi connectivity index (χ0n) is 14.7. The molecule has 0 amide bonds. The van der Waals surface area contributed by atoms with Crippen LogP contribution in [0.4, 0.5) is 0 Å². The number of pyridine rings is 1. The molecule has 0 aliphatic rings. The Bertz CT molecular complexity index is 943. The lowest BCUT2D eigenvalue weighted by Gasteiger charge is -2.02. The van der Waals surface area contributed by atoms with Gasteiger partial charge >= 0.3 is 0 Å². The van der Waals surface area contributed by atoms with Crippen LogP contribution in [0.2, 0.25) is 0 Å². The van der Waals surface area contributed by atoms with Gasteiger partial charge in [-0.1, -0.05) is 48.5 Å². The number of nitrogens with zero attached hydrogens (tertiary/aromatic N) is 1. The smallest absolute Gasteiger partial charge is 0.169 e. The molecule has 2 aromatic heterocycles. The maximum atomic E-state index is 3.36. The number of H-pyrrole nitrogens is 1. The van der Waals surface area contributed by atoms with E-state index in [1.807, 2.05) is 0 Å². The summed E-state index contributed by atoms with van der Waals surface area (Å²) in [5.41, 5.74) is 5.22. The number of nitrogens with one attached hydrogen (secondary N) is 1. The second-order valence-corrected chi connectivity index (χ2v) is 6.51. The standard InChI is InChI=1S/C23H23N2.BrH/c1-2-8-19(9-3-1)20-13-16-25(17-14-20)15-7-6-10-21-18-24-23-12-5-4-11-22(21)23;/h1-5,8-9,11-14,16-18,24H,6-7,10,15H2;1H/q+1;/p-1. The van der Waals surface area contributed by atoms with Crippen molar-refractivity contribution in [3.05, 3.63) is 90.9 Å². The summed E-state index contributed by atoms with van der Waals surface area (Å²) in [6.07, 6.45) is 10.1. The van der Waals surface area contributed by atoms with Crippen molar-refractivity contribution in [2.45, 2.75) is 25.8 Å². The van der Waals surface area contributed by atoms with Crippen LogP contribution < -0.4 is 21.5 Å². The van der Waals surface area contributed by atoms with E-state index >= 15 is 0 Å². The minimum Gasteiger partial charge on any atom is -1.00 e. The lowest BCUT2D eigenvalue weighted by molar-refractivity contribution is -0.697. The average molecular weight is 407 g/mol. The van der Waals surface area contributed by atoms with E-state index in [1.165, 1.54) is 40.4 Å². The van der Waals surface area contributed by atoms with Gasteiger partial charge < -0.3 is 22.0 Å². The second-order valence-electron chi connectivity index (χ2n) is 6.51. The largest absolute Gasteiger partial charge is 1.00 e. The van der Waals surface area contributed by atoms with Crippen LogP contribution in [0.15, 0.2) is 85.3 Å². The van der Waals surface area contributed by atoms with E-state index in [0.717, 1.165) is 13.0 Å². The van der Waals surface area contributed by atoms with Gasteiger partial charge in [0, 0.05) is 35.7 Å². The van der Waals surface area contributed by atoms with Crippen LogP contribution in [-0.2, 0) is 13.0 Å². The number of rotatable bonds is 6. The molecule has 0 aliphatic heterocycles. The molecule has 0 aliphatic carbocycles. The maximum absolute atomic E-state index is 3.36. The van der Waals surface area contributed by atoms with Crippen molar-refractivity contribution in [3.8, 4) is 11.1 Å². The van der Waals surface area contributed by atoms with E-state index in [1.54, 1.807) is 0 Å². The Hall–Kier alpha value is -2.39. The van der Waals surface area contributed by atoms with E-state index in [0.29, 0.717) is 0 Å². The SMILES string of the molecule is [Br-].c1ccc(-c2cc[n+](CCCCc3c[nH]c4ccccc34)cc2)cc1. The first-order chi connectivity index (χ1) is 12.4. The zero-order chi connectivity index (χ0) is 16.9. The first kappa shape index (κ1) is 18.4. The number of hydrogen-bond donors (Lipinski definition) is 1. The molecule has 4 rings (SSSR count). The van der Waals surface area contributed by atoms with Crippen LogP contribution in [0, 0.1) is 0 Å². The van der Waals surface area contributed by atoms with Gasteiger partial charge in [-0.25, -0.2) is 4.57 Å². The number of fused-ring (bicyclic) bond motifs is 1. The maximum Gasteiger partial charge on any atom is 0.169 e. The first-order valence-corrected chi connectivity index (χ1v) is 9.00. The molecule has 1 N–H and O–H groups in total. The number of benzene rings is 2. The molecule has 0 radical (unpaired) electrons.